The first-order valence-corrected chi connectivity index (χ1v) is 6.59. The van der Waals surface area contributed by atoms with E-state index < -0.39 is 0 Å². The minimum absolute atomic E-state index is 0.245. The number of nitrogens with two attached hydrogens (primary N) is 1. The molecule has 0 aliphatic rings. The van der Waals surface area contributed by atoms with Gasteiger partial charge in [-0.2, -0.15) is 0 Å². The van der Waals surface area contributed by atoms with Gasteiger partial charge in [-0.15, -0.1) is 11.3 Å². The molecule has 6 heteroatoms. The van der Waals surface area contributed by atoms with Crippen LogP contribution in [0.2, 0.25) is 0 Å². The van der Waals surface area contributed by atoms with Gasteiger partial charge in [-0.1, -0.05) is 5.16 Å². The second kappa shape index (κ2) is 6.22. The Kier molecular flexibility index (Phi) is 5.24. The lowest BCUT2D eigenvalue weighted by atomic mass is 10.2. The summed E-state index contributed by atoms with van der Waals surface area (Å²) < 4.78 is 1.14. The first-order valence-electron chi connectivity index (χ1n) is 4.92. The van der Waals surface area contributed by atoms with Crippen molar-refractivity contribution in [3.8, 4) is 0 Å². The summed E-state index contributed by atoms with van der Waals surface area (Å²) in [6.45, 7) is 2.92. The van der Waals surface area contributed by atoms with E-state index in [-0.39, 0.29) is 11.9 Å². The number of nitrogens with zero attached hydrogens (tertiary/aromatic N) is 2. The Morgan fingerprint density at radius 2 is 2.44 bits per heavy atom. The number of thiophene rings is 1. The average Bonchev–Trinajstić information content (AvgIpc) is 2.63. The zero-order valence-corrected chi connectivity index (χ0v) is 11.8. The normalized spacial score (nSPS) is 14.4. The van der Waals surface area contributed by atoms with Gasteiger partial charge in [0, 0.05) is 19.0 Å². The lowest BCUT2D eigenvalue weighted by Gasteiger charge is -2.23. The van der Waals surface area contributed by atoms with E-state index in [1.807, 2.05) is 7.05 Å². The second-order valence-corrected chi connectivity index (χ2v) is 6.11. The van der Waals surface area contributed by atoms with Gasteiger partial charge in [-0.3, -0.25) is 4.90 Å². The highest BCUT2D eigenvalue weighted by Crippen LogP contribution is 2.22. The van der Waals surface area contributed by atoms with E-state index in [0.29, 0.717) is 6.42 Å². The minimum atomic E-state index is 0.245. The van der Waals surface area contributed by atoms with Crippen LogP contribution in [0.4, 0.5) is 0 Å². The van der Waals surface area contributed by atoms with Crippen molar-refractivity contribution >= 4 is 33.1 Å². The van der Waals surface area contributed by atoms with E-state index in [1.165, 1.54) is 5.56 Å². The van der Waals surface area contributed by atoms with Gasteiger partial charge in [0.1, 0.15) is 5.84 Å². The molecule has 0 aliphatic heterocycles. The topological polar surface area (TPSA) is 61.9 Å². The molecule has 1 unspecified atom stereocenters. The van der Waals surface area contributed by atoms with Gasteiger partial charge < -0.3 is 10.9 Å². The number of amidine groups is 1. The van der Waals surface area contributed by atoms with Gasteiger partial charge in [-0.25, -0.2) is 0 Å². The van der Waals surface area contributed by atoms with Crippen molar-refractivity contribution in [2.24, 2.45) is 10.9 Å². The zero-order chi connectivity index (χ0) is 12.1. The summed E-state index contributed by atoms with van der Waals surface area (Å²) in [5, 5.41) is 13.6. The van der Waals surface area contributed by atoms with E-state index in [9.17, 15) is 0 Å². The fourth-order valence-electron chi connectivity index (χ4n) is 1.37. The van der Waals surface area contributed by atoms with Crippen LogP contribution in [0.15, 0.2) is 20.4 Å². The van der Waals surface area contributed by atoms with Crippen molar-refractivity contribution in [1.82, 2.24) is 4.90 Å². The Labute approximate surface area is 108 Å². The summed E-state index contributed by atoms with van der Waals surface area (Å²) in [5.41, 5.74) is 6.75. The Hall–Kier alpha value is -0.590. The van der Waals surface area contributed by atoms with Gasteiger partial charge in [0.25, 0.3) is 0 Å². The first kappa shape index (κ1) is 13.5. The molecule has 1 heterocycles. The standard InChI is InChI=1S/C10H16BrN3OS/c1-7(3-10(12)13-15)14(2)5-8-4-9(11)16-6-8/h4,6-7,15H,3,5H2,1-2H3,(H2,12,13). The SMILES string of the molecule is CC(CC(N)=NO)N(C)Cc1csc(Br)c1. The van der Waals surface area contributed by atoms with Crippen LogP contribution >= 0.6 is 27.3 Å². The molecule has 0 fully saturated rings. The third-order valence-corrected chi connectivity index (χ3v) is 3.99. The van der Waals surface area contributed by atoms with Gasteiger partial charge in [0.2, 0.25) is 0 Å². The molecule has 1 aromatic heterocycles. The van der Waals surface area contributed by atoms with Crippen molar-refractivity contribution in [2.75, 3.05) is 7.05 Å². The molecular weight excluding hydrogens is 290 g/mol. The zero-order valence-electron chi connectivity index (χ0n) is 9.35. The molecule has 1 rings (SSSR count). The molecule has 0 amide bonds. The molecule has 4 nitrogen and oxygen atoms in total. The van der Waals surface area contributed by atoms with Crippen LogP contribution < -0.4 is 5.73 Å². The van der Waals surface area contributed by atoms with Crippen LogP contribution in [0.25, 0.3) is 0 Å². The summed E-state index contributed by atoms with van der Waals surface area (Å²) in [4.78, 5) is 2.17. The number of rotatable bonds is 5. The third-order valence-electron chi connectivity index (χ3n) is 2.44. The molecule has 1 atom stereocenters. The van der Waals surface area contributed by atoms with Gasteiger partial charge >= 0.3 is 0 Å². The highest BCUT2D eigenvalue weighted by Gasteiger charge is 2.12. The number of hydrogen-bond acceptors (Lipinski definition) is 4. The van der Waals surface area contributed by atoms with Gasteiger partial charge in [-0.05, 0) is 46.9 Å². The molecule has 1 aromatic rings. The van der Waals surface area contributed by atoms with Gasteiger partial charge in [0.15, 0.2) is 0 Å². The van der Waals surface area contributed by atoms with E-state index >= 15 is 0 Å². The van der Waals surface area contributed by atoms with E-state index in [4.69, 9.17) is 10.9 Å². The maximum Gasteiger partial charge on any atom is 0.140 e. The van der Waals surface area contributed by atoms with Crippen LogP contribution in [0.5, 0.6) is 0 Å². The van der Waals surface area contributed by atoms with Crippen molar-refractivity contribution < 1.29 is 5.21 Å². The summed E-state index contributed by atoms with van der Waals surface area (Å²) in [7, 11) is 2.03. The number of hydrogen-bond donors (Lipinski definition) is 2. The van der Waals surface area contributed by atoms with Crippen LogP contribution in [-0.2, 0) is 6.54 Å². The smallest absolute Gasteiger partial charge is 0.140 e. The molecule has 90 valence electrons. The Bertz CT molecular complexity index is 367. The van der Waals surface area contributed by atoms with Crippen LogP contribution in [0.1, 0.15) is 18.9 Å². The summed E-state index contributed by atoms with van der Waals surface area (Å²) in [5.74, 6) is 0.269. The summed E-state index contributed by atoms with van der Waals surface area (Å²) in [6, 6.07) is 2.35. The van der Waals surface area contributed by atoms with Crippen molar-refractivity contribution in [1.29, 1.82) is 0 Å². The van der Waals surface area contributed by atoms with Crippen LogP contribution in [0.3, 0.4) is 0 Å². The number of oxime groups is 1. The Morgan fingerprint density at radius 3 is 2.94 bits per heavy atom. The van der Waals surface area contributed by atoms with E-state index in [1.54, 1.807) is 11.3 Å². The molecule has 0 aromatic carbocycles. The molecular formula is C10H16BrN3OS. The lowest BCUT2D eigenvalue weighted by Crippen LogP contribution is -2.32. The molecule has 3 N–H and O–H groups in total. The predicted molar refractivity (Wildman–Crippen MR) is 71.0 cm³/mol. The minimum Gasteiger partial charge on any atom is -0.409 e. The highest BCUT2D eigenvalue weighted by molar-refractivity contribution is 9.11. The Morgan fingerprint density at radius 1 is 1.75 bits per heavy atom. The molecule has 0 saturated carbocycles. The molecule has 0 saturated heterocycles. The highest BCUT2D eigenvalue weighted by atomic mass is 79.9. The van der Waals surface area contributed by atoms with Gasteiger partial charge in [0.05, 0.1) is 3.79 Å². The molecule has 16 heavy (non-hydrogen) atoms. The number of halogens is 1. The molecule has 0 bridgehead atoms. The van der Waals surface area contributed by atoms with Crippen molar-refractivity contribution in [3.05, 3.63) is 20.8 Å². The van der Waals surface area contributed by atoms with E-state index in [2.05, 4.69) is 44.4 Å². The van der Waals surface area contributed by atoms with Crippen molar-refractivity contribution in [2.45, 2.75) is 25.9 Å². The summed E-state index contributed by atoms with van der Waals surface area (Å²) >= 11 is 5.12. The molecule has 0 aliphatic carbocycles. The second-order valence-electron chi connectivity index (χ2n) is 3.82. The Balaban J connectivity index is 2.48. The quantitative estimate of drug-likeness (QED) is 0.380. The maximum absolute atomic E-state index is 8.50. The maximum atomic E-state index is 8.50. The summed E-state index contributed by atoms with van der Waals surface area (Å²) in [6.07, 6.45) is 0.568. The molecule has 0 spiro atoms. The van der Waals surface area contributed by atoms with Crippen LogP contribution in [0, 0.1) is 0 Å². The van der Waals surface area contributed by atoms with Crippen LogP contribution in [-0.4, -0.2) is 29.0 Å². The molecule has 0 radical (unpaired) electrons. The fraction of sp³-hybridized carbons (Fsp3) is 0.500. The monoisotopic (exact) mass is 305 g/mol. The van der Waals surface area contributed by atoms with Crippen molar-refractivity contribution in [3.63, 3.8) is 0 Å². The lowest BCUT2D eigenvalue weighted by molar-refractivity contribution is 0.251. The predicted octanol–water partition coefficient (Wildman–Crippen LogP) is 2.47. The largest absolute Gasteiger partial charge is 0.409 e. The first-order chi connectivity index (χ1) is 7.52. The fourth-order valence-corrected chi connectivity index (χ4v) is 2.57. The third kappa shape index (κ3) is 4.11. The average molecular weight is 306 g/mol. The van der Waals surface area contributed by atoms with E-state index in [0.717, 1.165) is 10.3 Å².